The molecule has 15 heavy (non-hydrogen) atoms. The molecule has 0 aliphatic heterocycles. The van der Waals surface area contributed by atoms with E-state index < -0.39 is 0 Å². The van der Waals surface area contributed by atoms with Crippen LogP contribution in [0.25, 0.3) is 5.57 Å². The van der Waals surface area contributed by atoms with Gasteiger partial charge in [0.1, 0.15) is 0 Å². The van der Waals surface area contributed by atoms with Gasteiger partial charge in [-0.05, 0) is 18.6 Å². The van der Waals surface area contributed by atoms with E-state index in [-0.39, 0.29) is 0 Å². The second kappa shape index (κ2) is 5.66. The van der Waals surface area contributed by atoms with Gasteiger partial charge in [0.2, 0.25) is 0 Å². The van der Waals surface area contributed by atoms with E-state index in [2.05, 4.69) is 6.58 Å². The molecule has 0 saturated heterocycles. The van der Waals surface area contributed by atoms with E-state index in [1.807, 2.05) is 25.1 Å². The van der Waals surface area contributed by atoms with Crippen LogP contribution < -0.4 is 9.47 Å². The van der Waals surface area contributed by atoms with Gasteiger partial charge >= 0.3 is 0 Å². The SMILES string of the molecule is C=C(CCl)c1cccc(OCC)c1OC. The van der Waals surface area contributed by atoms with Crippen molar-refractivity contribution in [1.82, 2.24) is 0 Å². The van der Waals surface area contributed by atoms with Crippen LogP contribution >= 0.6 is 11.6 Å². The standard InChI is InChI=1S/C12H15ClO2/c1-4-15-11-7-5-6-10(9(2)8-13)12(11)14-3/h5-7H,2,4,8H2,1,3H3. The maximum atomic E-state index is 5.75. The van der Waals surface area contributed by atoms with E-state index in [1.54, 1.807) is 7.11 Å². The molecule has 0 heterocycles. The quantitative estimate of drug-likeness (QED) is 0.717. The Morgan fingerprint density at radius 1 is 1.47 bits per heavy atom. The Hall–Kier alpha value is -1.15. The zero-order valence-corrected chi connectivity index (χ0v) is 9.80. The van der Waals surface area contributed by atoms with E-state index in [0.717, 1.165) is 16.9 Å². The lowest BCUT2D eigenvalue weighted by Gasteiger charge is -2.13. The third-order valence-corrected chi connectivity index (χ3v) is 2.35. The normalized spacial score (nSPS) is 9.80. The number of hydrogen-bond donors (Lipinski definition) is 0. The van der Waals surface area contributed by atoms with E-state index >= 15 is 0 Å². The molecule has 1 aromatic carbocycles. The number of benzene rings is 1. The predicted molar refractivity (Wildman–Crippen MR) is 63.9 cm³/mol. The lowest BCUT2D eigenvalue weighted by molar-refractivity contribution is 0.310. The monoisotopic (exact) mass is 226 g/mol. The minimum absolute atomic E-state index is 0.381. The highest BCUT2D eigenvalue weighted by Crippen LogP contribution is 2.34. The summed E-state index contributed by atoms with van der Waals surface area (Å²) >= 11 is 5.75. The summed E-state index contributed by atoms with van der Waals surface area (Å²) in [6.45, 7) is 6.42. The molecule has 0 spiro atoms. The van der Waals surface area contributed by atoms with Crippen LogP contribution in [0.4, 0.5) is 0 Å². The van der Waals surface area contributed by atoms with Crippen LogP contribution in [0.2, 0.25) is 0 Å². The van der Waals surface area contributed by atoms with Gasteiger partial charge in [0.25, 0.3) is 0 Å². The molecule has 0 aromatic heterocycles. The average Bonchev–Trinajstić information content (AvgIpc) is 2.28. The van der Waals surface area contributed by atoms with Crippen LogP contribution in [0.15, 0.2) is 24.8 Å². The highest BCUT2D eigenvalue weighted by atomic mass is 35.5. The van der Waals surface area contributed by atoms with Crippen molar-refractivity contribution in [2.75, 3.05) is 19.6 Å². The fourth-order valence-electron chi connectivity index (χ4n) is 1.35. The van der Waals surface area contributed by atoms with Gasteiger partial charge in [-0.15, -0.1) is 11.6 Å². The molecule has 0 radical (unpaired) electrons. The van der Waals surface area contributed by atoms with Crippen molar-refractivity contribution in [2.24, 2.45) is 0 Å². The lowest BCUT2D eigenvalue weighted by atomic mass is 10.1. The Bertz CT molecular complexity index is 347. The number of rotatable bonds is 5. The average molecular weight is 227 g/mol. The zero-order chi connectivity index (χ0) is 11.3. The molecule has 1 rings (SSSR count). The summed E-state index contributed by atoms with van der Waals surface area (Å²) < 4.78 is 10.8. The topological polar surface area (TPSA) is 18.5 Å². The third kappa shape index (κ3) is 2.66. The number of ether oxygens (including phenoxy) is 2. The maximum absolute atomic E-state index is 5.75. The summed E-state index contributed by atoms with van der Waals surface area (Å²) in [5, 5.41) is 0. The summed E-state index contributed by atoms with van der Waals surface area (Å²) in [5.74, 6) is 1.81. The van der Waals surface area contributed by atoms with Crippen molar-refractivity contribution in [2.45, 2.75) is 6.92 Å². The highest BCUT2D eigenvalue weighted by Gasteiger charge is 2.11. The largest absolute Gasteiger partial charge is 0.492 e. The van der Waals surface area contributed by atoms with Crippen LogP contribution in [0.1, 0.15) is 12.5 Å². The Morgan fingerprint density at radius 2 is 2.20 bits per heavy atom. The third-order valence-electron chi connectivity index (χ3n) is 2.03. The Kier molecular flexibility index (Phi) is 4.50. The van der Waals surface area contributed by atoms with Crippen molar-refractivity contribution in [1.29, 1.82) is 0 Å². The van der Waals surface area contributed by atoms with Crippen LogP contribution in [-0.2, 0) is 0 Å². The molecule has 0 aliphatic carbocycles. The predicted octanol–water partition coefficient (Wildman–Crippen LogP) is 3.35. The van der Waals surface area contributed by atoms with Gasteiger partial charge in [0.05, 0.1) is 13.7 Å². The first-order valence-electron chi connectivity index (χ1n) is 4.78. The van der Waals surface area contributed by atoms with Gasteiger partial charge in [-0.2, -0.15) is 0 Å². The van der Waals surface area contributed by atoms with Crippen LogP contribution in [-0.4, -0.2) is 19.6 Å². The molecule has 0 saturated carbocycles. The van der Waals surface area contributed by atoms with Gasteiger partial charge in [0, 0.05) is 11.4 Å². The molecule has 0 bridgehead atoms. The molecular formula is C12H15ClO2. The van der Waals surface area contributed by atoms with Crippen molar-refractivity contribution < 1.29 is 9.47 Å². The second-order valence-electron chi connectivity index (χ2n) is 3.01. The number of allylic oxidation sites excluding steroid dienone is 1. The lowest BCUT2D eigenvalue weighted by Crippen LogP contribution is -1.98. The fraction of sp³-hybridized carbons (Fsp3) is 0.333. The molecule has 1 aromatic rings. The molecule has 2 nitrogen and oxygen atoms in total. The number of alkyl halides is 1. The molecule has 82 valence electrons. The molecule has 0 atom stereocenters. The summed E-state index contributed by atoms with van der Waals surface area (Å²) in [7, 11) is 1.61. The Balaban J connectivity index is 3.15. The molecule has 0 amide bonds. The minimum Gasteiger partial charge on any atom is -0.492 e. The van der Waals surface area contributed by atoms with Crippen LogP contribution in [0.3, 0.4) is 0 Å². The fourth-order valence-corrected chi connectivity index (χ4v) is 1.49. The molecule has 3 heteroatoms. The van der Waals surface area contributed by atoms with Crippen molar-refractivity contribution >= 4 is 17.2 Å². The van der Waals surface area contributed by atoms with Gasteiger partial charge in [-0.3, -0.25) is 0 Å². The first-order chi connectivity index (χ1) is 7.24. The van der Waals surface area contributed by atoms with Crippen molar-refractivity contribution in [3.8, 4) is 11.5 Å². The minimum atomic E-state index is 0.381. The van der Waals surface area contributed by atoms with E-state index in [0.29, 0.717) is 18.2 Å². The van der Waals surface area contributed by atoms with Crippen LogP contribution in [0.5, 0.6) is 11.5 Å². The highest BCUT2D eigenvalue weighted by molar-refractivity contribution is 6.23. The van der Waals surface area contributed by atoms with Crippen molar-refractivity contribution in [3.63, 3.8) is 0 Å². The number of hydrogen-bond acceptors (Lipinski definition) is 2. The van der Waals surface area contributed by atoms with E-state index in [9.17, 15) is 0 Å². The van der Waals surface area contributed by atoms with Gasteiger partial charge in [0.15, 0.2) is 11.5 Å². The Morgan fingerprint density at radius 3 is 2.73 bits per heavy atom. The number of halogens is 1. The smallest absolute Gasteiger partial charge is 0.168 e. The number of para-hydroxylation sites is 1. The molecule has 0 aliphatic rings. The van der Waals surface area contributed by atoms with Gasteiger partial charge in [-0.25, -0.2) is 0 Å². The summed E-state index contributed by atoms with van der Waals surface area (Å²) in [4.78, 5) is 0. The molecule has 0 N–H and O–H groups in total. The van der Waals surface area contributed by atoms with E-state index in [4.69, 9.17) is 21.1 Å². The summed E-state index contributed by atoms with van der Waals surface area (Å²) in [6, 6.07) is 5.69. The number of methoxy groups -OCH3 is 1. The summed E-state index contributed by atoms with van der Waals surface area (Å²) in [5.41, 5.74) is 1.73. The molecule has 0 unspecified atom stereocenters. The molecular weight excluding hydrogens is 212 g/mol. The Labute approximate surface area is 95.5 Å². The molecule has 0 fully saturated rings. The maximum Gasteiger partial charge on any atom is 0.168 e. The summed E-state index contributed by atoms with van der Waals surface area (Å²) in [6.07, 6.45) is 0. The van der Waals surface area contributed by atoms with Crippen molar-refractivity contribution in [3.05, 3.63) is 30.3 Å². The second-order valence-corrected chi connectivity index (χ2v) is 3.27. The van der Waals surface area contributed by atoms with E-state index in [1.165, 1.54) is 0 Å². The van der Waals surface area contributed by atoms with Gasteiger partial charge < -0.3 is 9.47 Å². The van der Waals surface area contributed by atoms with Gasteiger partial charge in [-0.1, -0.05) is 18.7 Å². The first kappa shape index (κ1) is 11.9. The van der Waals surface area contributed by atoms with Crippen LogP contribution in [0, 0.1) is 0 Å². The first-order valence-corrected chi connectivity index (χ1v) is 5.32. The zero-order valence-electron chi connectivity index (χ0n) is 9.05.